The van der Waals surface area contributed by atoms with E-state index in [-0.39, 0.29) is 5.97 Å². The number of hydrogen-bond donors (Lipinski definition) is 1. The zero-order chi connectivity index (χ0) is 12.7. The molecule has 1 atom stereocenters. The van der Waals surface area contributed by atoms with Gasteiger partial charge in [0.15, 0.2) is 0 Å². The van der Waals surface area contributed by atoms with E-state index in [1.54, 1.807) is 0 Å². The molecule has 0 aliphatic carbocycles. The molecule has 0 aromatic carbocycles. The molecule has 0 aromatic heterocycles. The molecule has 0 bridgehead atoms. The Morgan fingerprint density at radius 2 is 1.76 bits per heavy atom. The van der Waals surface area contributed by atoms with Crippen LogP contribution in [-0.4, -0.2) is 68.2 Å². The van der Waals surface area contributed by atoms with Crippen molar-refractivity contribution >= 4 is 5.97 Å². The molecule has 1 heterocycles. The zero-order valence-corrected chi connectivity index (χ0v) is 11.0. The summed E-state index contributed by atoms with van der Waals surface area (Å²) in [6.07, 6.45) is 1.90. The molecule has 1 aliphatic heterocycles. The maximum absolute atomic E-state index is 11.1. The number of nitrogens with zero attached hydrogens (tertiary/aromatic N) is 2. The molecule has 0 radical (unpaired) electrons. The minimum Gasteiger partial charge on any atom is -0.468 e. The molecule has 0 amide bonds. The first kappa shape index (κ1) is 14.4. The van der Waals surface area contributed by atoms with Crippen LogP contribution < -0.4 is 5.73 Å². The van der Waals surface area contributed by atoms with E-state index in [4.69, 9.17) is 5.73 Å². The SMILES string of the molecule is CCCN1CCN(CCC(N)C(=O)OC)CC1. The van der Waals surface area contributed by atoms with Gasteiger partial charge in [-0.1, -0.05) is 6.92 Å². The highest BCUT2D eigenvalue weighted by molar-refractivity contribution is 5.75. The molecular weight excluding hydrogens is 218 g/mol. The third kappa shape index (κ3) is 5.02. The highest BCUT2D eigenvalue weighted by atomic mass is 16.5. The molecule has 100 valence electrons. The number of carbonyl (C=O) groups is 1. The molecule has 1 aliphatic rings. The van der Waals surface area contributed by atoms with E-state index in [2.05, 4.69) is 21.5 Å². The van der Waals surface area contributed by atoms with Gasteiger partial charge in [0.2, 0.25) is 0 Å². The van der Waals surface area contributed by atoms with Crippen LogP contribution >= 0.6 is 0 Å². The number of rotatable bonds is 6. The van der Waals surface area contributed by atoms with Crippen molar-refractivity contribution in [1.29, 1.82) is 0 Å². The lowest BCUT2D eigenvalue weighted by molar-refractivity contribution is -0.142. The maximum atomic E-state index is 11.1. The first-order valence-electron chi connectivity index (χ1n) is 6.45. The Balaban J connectivity index is 2.16. The first-order chi connectivity index (χ1) is 8.17. The van der Waals surface area contributed by atoms with Crippen molar-refractivity contribution in [2.75, 3.05) is 46.4 Å². The Hall–Kier alpha value is -0.650. The van der Waals surface area contributed by atoms with E-state index in [1.807, 2.05) is 0 Å². The second kappa shape index (κ2) is 7.63. The van der Waals surface area contributed by atoms with E-state index in [0.717, 1.165) is 32.7 Å². The van der Waals surface area contributed by atoms with Crippen molar-refractivity contribution in [2.45, 2.75) is 25.8 Å². The van der Waals surface area contributed by atoms with E-state index in [1.165, 1.54) is 20.1 Å². The fourth-order valence-corrected chi connectivity index (χ4v) is 2.14. The highest BCUT2D eigenvalue weighted by Crippen LogP contribution is 2.04. The van der Waals surface area contributed by atoms with Crippen LogP contribution in [0.2, 0.25) is 0 Å². The molecule has 2 N–H and O–H groups in total. The minimum atomic E-state index is -0.478. The van der Waals surface area contributed by atoms with Crippen molar-refractivity contribution in [3.05, 3.63) is 0 Å². The standard InChI is InChI=1S/C12H25N3O2/c1-3-5-14-7-9-15(10-8-14)6-4-11(13)12(16)17-2/h11H,3-10,13H2,1-2H3. The zero-order valence-electron chi connectivity index (χ0n) is 11.0. The molecule has 1 saturated heterocycles. The number of nitrogens with two attached hydrogens (primary N) is 1. The summed E-state index contributed by atoms with van der Waals surface area (Å²) in [4.78, 5) is 16.0. The smallest absolute Gasteiger partial charge is 0.322 e. The predicted octanol–water partition coefficient (Wildman–Crippen LogP) is -0.0956. The van der Waals surface area contributed by atoms with Gasteiger partial charge in [0.1, 0.15) is 6.04 Å². The first-order valence-corrected chi connectivity index (χ1v) is 6.45. The topological polar surface area (TPSA) is 58.8 Å². The third-order valence-corrected chi connectivity index (χ3v) is 3.27. The summed E-state index contributed by atoms with van der Waals surface area (Å²) in [7, 11) is 1.38. The number of carbonyl (C=O) groups excluding carboxylic acids is 1. The molecule has 17 heavy (non-hydrogen) atoms. The molecule has 0 spiro atoms. The Kier molecular flexibility index (Phi) is 6.47. The van der Waals surface area contributed by atoms with Crippen molar-refractivity contribution in [3.63, 3.8) is 0 Å². The Morgan fingerprint density at radius 3 is 2.24 bits per heavy atom. The van der Waals surface area contributed by atoms with Gasteiger partial charge in [-0.2, -0.15) is 0 Å². The van der Waals surface area contributed by atoms with Gasteiger partial charge in [-0.25, -0.2) is 0 Å². The van der Waals surface area contributed by atoms with Crippen LogP contribution in [0.3, 0.4) is 0 Å². The molecule has 0 saturated carbocycles. The Labute approximate surface area is 104 Å². The monoisotopic (exact) mass is 243 g/mol. The second-order valence-corrected chi connectivity index (χ2v) is 4.60. The van der Waals surface area contributed by atoms with Crippen LogP contribution in [0.4, 0.5) is 0 Å². The van der Waals surface area contributed by atoms with Crippen molar-refractivity contribution in [2.24, 2.45) is 5.73 Å². The van der Waals surface area contributed by atoms with Gasteiger partial charge in [-0.15, -0.1) is 0 Å². The van der Waals surface area contributed by atoms with Gasteiger partial charge >= 0.3 is 5.97 Å². The summed E-state index contributed by atoms with van der Waals surface area (Å²) in [6, 6.07) is -0.478. The summed E-state index contributed by atoms with van der Waals surface area (Å²) in [6.45, 7) is 8.69. The summed E-state index contributed by atoms with van der Waals surface area (Å²) in [5.41, 5.74) is 5.71. The van der Waals surface area contributed by atoms with Gasteiger partial charge in [0, 0.05) is 32.7 Å². The van der Waals surface area contributed by atoms with Crippen molar-refractivity contribution < 1.29 is 9.53 Å². The average Bonchev–Trinajstić information content (AvgIpc) is 2.37. The third-order valence-electron chi connectivity index (χ3n) is 3.27. The summed E-state index contributed by atoms with van der Waals surface area (Å²) in [5, 5.41) is 0. The molecule has 1 rings (SSSR count). The number of ether oxygens (including phenoxy) is 1. The molecule has 1 unspecified atom stereocenters. The van der Waals surface area contributed by atoms with E-state index in [0.29, 0.717) is 6.42 Å². The average molecular weight is 243 g/mol. The number of methoxy groups -OCH3 is 1. The fraction of sp³-hybridized carbons (Fsp3) is 0.917. The summed E-state index contributed by atoms with van der Waals surface area (Å²) >= 11 is 0. The highest BCUT2D eigenvalue weighted by Gasteiger charge is 2.19. The second-order valence-electron chi connectivity index (χ2n) is 4.60. The van der Waals surface area contributed by atoms with Gasteiger partial charge in [-0.3, -0.25) is 4.79 Å². The van der Waals surface area contributed by atoms with Crippen LogP contribution in [0.25, 0.3) is 0 Å². The number of piperazine rings is 1. The minimum absolute atomic E-state index is 0.311. The molecule has 1 fully saturated rings. The van der Waals surface area contributed by atoms with Crippen LogP contribution in [0, 0.1) is 0 Å². The molecule has 0 aromatic rings. The lowest BCUT2D eigenvalue weighted by Gasteiger charge is -2.34. The normalized spacial score (nSPS) is 20.2. The lowest BCUT2D eigenvalue weighted by Crippen LogP contribution is -2.47. The quantitative estimate of drug-likeness (QED) is 0.660. The maximum Gasteiger partial charge on any atom is 0.322 e. The largest absolute Gasteiger partial charge is 0.468 e. The summed E-state index contributed by atoms with van der Waals surface area (Å²) in [5.74, 6) is -0.311. The van der Waals surface area contributed by atoms with Gasteiger partial charge in [0.25, 0.3) is 0 Å². The van der Waals surface area contributed by atoms with Crippen molar-refractivity contribution in [3.8, 4) is 0 Å². The number of hydrogen-bond acceptors (Lipinski definition) is 5. The summed E-state index contributed by atoms with van der Waals surface area (Å²) < 4.78 is 4.61. The van der Waals surface area contributed by atoms with E-state index >= 15 is 0 Å². The van der Waals surface area contributed by atoms with Crippen LogP contribution in [0.5, 0.6) is 0 Å². The molecule has 5 heteroatoms. The van der Waals surface area contributed by atoms with Crippen molar-refractivity contribution in [1.82, 2.24) is 9.80 Å². The Morgan fingerprint density at radius 1 is 1.24 bits per heavy atom. The van der Waals surface area contributed by atoms with Crippen LogP contribution in [0.1, 0.15) is 19.8 Å². The predicted molar refractivity (Wildman–Crippen MR) is 67.8 cm³/mol. The fourth-order valence-electron chi connectivity index (χ4n) is 2.14. The Bertz CT molecular complexity index is 228. The van der Waals surface area contributed by atoms with Gasteiger partial charge in [0.05, 0.1) is 7.11 Å². The van der Waals surface area contributed by atoms with Crippen LogP contribution in [0.15, 0.2) is 0 Å². The van der Waals surface area contributed by atoms with Crippen LogP contribution in [-0.2, 0) is 9.53 Å². The molecular formula is C12H25N3O2. The number of esters is 1. The lowest BCUT2D eigenvalue weighted by atomic mass is 10.2. The molecule has 5 nitrogen and oxygen atoms in total. The van der Waals surface area contributed by atoms with Gasteiger partial charge in [-0.05, 0) is 19.4 Å². The van der Waals surface area contributed by atoms with Gasteiger partial charge < -0.3 is 20.3 Å². The van der Waals surface area contributed by atoms with E-state index in [9.17, 15) is 4.79 Å². The van der Waals surface area contributed by atoms with E-state index < -0.39 is 6.04 Å².